The molecule has 100 valence electrons. The molecular weight excluding hydrogens is 237 g/mol. The van der Waals surface area contributed by atoms with E-state index in [0.29, 0.717) is 12.0 Å². The quantitative estimate of drug-likeness (QED) is 0.794. The van der Waals surface area contributed by atoms with Gasteiger partial charge in [-0.25, -0.2) is 9.18 Å². The van der Waals surface area contributed by atoms with Gasteiger partial charge in [-0.2, -0.15) is 0 Å². The van der Waals surface area contributed by atoms with Crippen LogP contribution in [-0.2, 0) is 6.42 Å². The Kier molecular flexibility index (Phi) is 5.09. The zero-order chi connectivity index (χ0) is 13.7. The lowest BCUT2D eigenvalue weighted by molar-refractivity contribution is -0.0100. The van der Waals surface area contributed by atoms with E-state index in [1.165, 1.54) is 6.07 Å². The molecule has 0 aliphatic carbocycles. The van der Waals surface area contributed by atoms with Crippen molar-refractivity contribution in [1.29, 1.82) is 0 Å². The largest absolute Gasteiger partial charge is 0.465 e. The molecule has 0 saturated carbocycles. The molecule has 0 aliphatic heterocycles. The molecule has 0 heterocycles. The van der Waals surface area contributed by atoms with Crippen molar-refractivity contribution in [1.82, 2.24) is 4.90 Å². The van der Waals surface area contributed by atoms with Crippen LogP contribution in [0.1, 0.15) is 25.8 Å². The Hall–Kier alpha value is -1.62. The van der Waals surface area contributed by atoms with E-state index in [2.05, 4.69) is 0 Å². The van der Waals surface area contributed by atoms with Crippen LogP contribution in [0.4, 0.5) is 9.18 Å². The summed E-state index contributed by atoms with van der Waals surface area (Å²) in [7, 11) is 0. The second kappa shape index (κ2) is 6.35. The number of rotatable bonds is 5. The lowest BCUT2D eigenvalue weighted by Crippen LogP contribution is -2.46. The molecule has 0 unspecified atom stereocenters. The highest BCUT2D eigenvalue weighted by molar-refractivity contribution is 5.65. The third-order valence-electron chi connectivity index (χ3n) is 2.86. The topological polar surface area (TPSA) is 60.8 Å². The van der Waals surface area contributed by atoms with E-state index < -0.39 is 18.4 Å². The van der Waals surface area contributed by atoms with Gasteiger partial charge in [0.25, 0.3) is 0 Å². The van der Waals surface area contributed by atoms with Crippen LogP contribution < -0.4 is 0 Å². The molecule has 0 fully saturated rings. The van der Waals surface area contributed by atoms with Crippen LogP contribution in [0.2, 0.25) is 0 Å². The average Bonchev–Trinajstić information content (AvgIpc) is 2.31. The van der Waals surface area contributed by atoms with Gasteiger partial charge in [-0.15, -0.1) is 0 Å². The molecular formula is C13H18FNO3. The Balaban J connectivity index is 2.82. The van der Waals surface area contributed by atoms with Gasteiger partial charge in [0.15, 0.2) is 0 Å². The molecule has 5 heteroatoms. The Labute approximate surface area is 106 Å². The first-order chi connectivity index (χ1) is 8.47. The third kappa shape index (κ3) is 3.43. The number of halogens is 1. The number of amides is 1. The summed E-state index contributed by atoms with van der Waals surface area (Å²) in [6, 6.07) is 5.74. The predicted molar refractivity (Wildman–Crippen MR) is 65.7 cm³/mol. The second-order valence-corrected chi connectivity index (χ2v) is 4.22. The monoisotopic (exact) mass is 255 g/mol. The molecule has 0 radical (unpaired) electrons. The van der Waals surface area contributed by atoms with Gasteiger partial charge >= 0.3 is 6.09 Å². The number of benzene rings is 1. The fourth-order valence-electron chi connectivity index (χ4n) is 1.89. The summed E-state index contributed by atoms with van der Waals surface area (Å²) in [5.74, 6) is -0.360. The maximum absolute atomic E-state index is 13.5. The fourth-order valence-corrected chi connectivity index (χ4v) is 1.89. The summed E-state index contributed by atoms with van der Waals surface area (Å²) in [5.41, 5.74) is 0.444. The molecule has 4 nitrogen and oxygen atoms in total. The van der Waals surface area contributed by atoms with Crippen LogP contribution in [0.3, 0.4) is 0 Å². The van der Waals surface area contributed by atoms with Crippen LogP contribution in [0, 0.1) is 5.82 Å². The van der Waals surface area contributed by atoms with Crippen molar-refractivity contribution in [2.45, 2.75) is 39.0 Å². The smallest absolute Gasteiger partial charge is 0.409 e. The number of carbonyl (C=O) groups is 1. The first kappa shape index (κ1) is 14.4. The first-order valence-corrected chi connectivity index (χ1v) is 5.90. The summed E-state index contributed by atoms with van der Waals surface area (Å²) >= 11 is 0. The minimum Gasteiger partial charge on any atom is -0.465 e. The van der Waals surface area contributed by atoms with Crippen molar-refractivity contribution in [3.8, 4) is 0 Å². The summed E-state index contributed by atoms with van der Waals surface area (Å²) < 4.78 is 13.5. The number of nitrogens with zero attached hydrogens (tertiary/aromatic N) is 1. The van der Waals surface area contributed by atoms with Gasteiger partial charge in [-0.3, -0.25) is 4.90 Å². The molecule has 1 aromatic carbocycles. The molecule has 2 atom stereocenters. The van der Waals surface area contributed by atoms with Crippen molar-refractivity contribution < 1.29 is 19.4 Å². The Bertz CT molecular complexity index is 411. The van der Waals surface area contributed by atoms with Crippen LogP contribution in [0.25, 0.3) is 0 Å². The lowest BCUT2D eigenvalue weighted by atomic mass is 10.1. The summed E-state index contributed by atoms with van der Waals surface area (Å²) in [5, 5.41) is 18.7. The summed E-state index contributed by atoms with van der Waals surface area (Å²) in [4.78, 5) is 12.0. The van der Waals surface area contributed by atoms with E-state index >= 15 is 0 Å². The number of aliphatic hydroxyl groups excluding tert-OH is 1. The van der Waals surface area contributed by atoms with E-state index in [9.17, 15) is 14.3 Å². The molecule has 0 saturated heterocycles. The third-order valence-corrected chi connectivity index (χ3v) is 2.86. The molecule has 0 aliphatic rings. The van der Waals surface area contributed by atoms with E-state index in [-0.39, 0.29) is 12.2 Å². The number of aliphatic hydroxyl groups is 1. The second-order valence-electron chi connectivity index (χ2n) is 4.22. The maximum atomic E-state index is 13.5. The molecule has 0 spiro atoms. The highest BCUT2D eigenvalue weighted by atomic mass is 19.1. The number of carboxylic acid groups (broad SMARTS) is 1. The first-order valence-electron chi connectivity index (χ1n) is 5.90. The summed E-state index contributed by atoms with van der Waals surface area (Å²) in [6.07, 6.45) is -1.73. The minimum absolute atomic E-state index is 0.232. The van der Waals surface area contributed by atoms with Gasteiger partial charge in [-0.1, -0.05) is 25.1 Å². The Morgan fingerprint density at radius 1 is 1.44 bits per heavy atom. The van der Waals surface area contributed by atoms with Gasteiger partial charge in [0.1, 0.15) is 12.0 Å². The standard InChI is InChI=1S/C13H18FNO3/c1-3-12(16)15(13(17)18)9(2)8-10-6-4-5-7-11(10)14/h4-7,9,12,16H,3,8H2,1-2H3,(H,17,18)/t9-,12-/m0/s1. The zero-order valence-corrected chi connectivity index (χ0v) is 10.5. The van der Waals surface area contributed by atoms with Crippen molar-refractivity contribution >= 4 is 6.09 Å². The molecule has 0 aromatic heterocycles. The van der Waals surface area contributed by atoms with E-state index in [1.54, 1.807) is 32.0 Å². The summed E-state index contributed by atoms with van der Waals surface area (Å²) in [6.45, 7) is 3.34. The molecule has 1 aromatic rings. The highest BCUT2D eigenvalue weighted by Crippen LogP contribution is 2.15. The van der Waals surface area contributed by atoms with Crippen molar-refractivity contribution in [3.05, 3.63) is 35.6 Å². The van der Waals surface area contributed by atoms with Crippen LogP contribution in [0.15, 0.2) is 24.3 Å². The fraction of sp³-hybridized carbons (Fsp3) is 0.462. The zero-order valence-electron chi connectivity index (χ0n) is 10.5. The van der Waals surface area contributed by atoms with Gasteiger partial charge in [0.2, 0.25) is 0 Å². The normalized spacial score (nSPS) is 14.0. The number of hydrogen-bond donors (Lipinski definition) is 2. The van der Waals surface area contributed by atoms with Crippen molar-refractivity contribution in [2.24, 2.45) is 0 Å². The SMILES string of the molecule is CC[C@H](O)N(C(=O)O)[C@@H](C)Cc1ccccc1F. The van der Waals surface area contributed by atoms with Gasteiger partial charge < -0.3 is 10.2 Å². The van der Waals surface area contributed by atoms with E-state index in [4.69, 9.17) is 5.11 Å². The van der Waals surface area contributed by atoms with E-state index in [1.807, 2.05) is 0 Å². The molecule has 18 heavy (non-hydrogen) atoms. The van der Waals surface area contributed by atoms with E-state index in [0.717, 1.165) is 4.90 Å². The number of hydrogen-bond acceptors (Lipinski definition) is 2. The molecule has 2 N–H and O–H groups in total. The van der Waals surface area contributed by atoms with Crippen molar-refractivity contribution in [3.63, 3.8) is 0 Å². The Morgan fingerprint density at radius 2 is 2.06 bits per heavy atom. The molecule has 1 amide bonds. The highest BCUT2D eigenvalue weighted by Gasteiger charge is 2.26. The maximum Gasteiger partial charge on any atom is 0.409 e. The molecule has 1 rings (SSSR count). The van der Waals surface area contributed by atoms with Gasteiger partial charge in [0, 0.05) is 6.04 Å². The lowest BCUT2D eigenvalue weighted by Gasteiger charge is -2.30. The van der Waals surface area contributed by atoms with Gasteiger partial charge in [0.05, 0.1) is 0 Å². The van der Waals surface area contributed by atoms with Crippen LogP contribution in [-0.4, -0.2) is 33.5 Å². The Morgan fingerprint density at radius 3 is 2.56 bits per heavy atom. The average molecular weight is 255 g/mol. The van der Waals surface area contributed by atoms with Gasteiger partial charge in [-0.05, 0) is 31.4 Å². The van der Waals surface area contributed by atoms with Crippen LogP contribution in [0.5, 0.6) is 0 Å². The minimum atomic E-state index is -1.20. The predicted octanol–water partition coefficient (Wildman–Crippen LogP) is 2.47. The van der Waals surface area contributed by atoms with Crippen LogP contribution >= 0.6 is 0 Å². The van der Waals surface area contributed by atoms with Crippen molar-refractivity contribution in [2.75, 3.05) is 0 Å². The molecule has 0 bridgehead atoms.